The first-order valence-electron chi connectivity index (χ1n) is 16.1. The fourth-order valence-electron chi connectivity index (χ4n) is 7.37. The Morgan fingerprint density at radius 3 is 1.74 bits per heavy atom. The Morgan fingerprint density at radius 2 is 1.04 bits per heavy atom. The number of nitrogens with zero attached hydrogens (tertiary/aromatic N) is 3. The number of rotatable bonds is 5. The van der Waals surface area contributed by atoms with E-state index in [1.54, 1.807) is 0 Å². The highest BCUT2D eigenvalue weighted by Gasteiger charge is 2.23. The van der Waals surface area contributed by atoms with Crippen molar-refractivity contribution in [2.24, 2.45) is 5.92 Å². The lowest BCUT2D eigenvalue weighted by atomic mass is 9.94. The third-order valence-corrected chi connectivity index (χ3v) is 9.41. The molecule has 46 heavy (non-hydrogen) atoms. The van der Waals surface area contributed by atoms with Crippen molar-refractivity contribution in [2.75, 3.05) is 4.90 Å². The zero-order valence-electron chi connectivity index (χ0n) is 25.7. The number of hydrogen-bond donors (Lipinski definition) is 0. The van der Waals surface area contributed by atoms with Crippen LogP contribution < -0.4 is 4.90 Å². The smallest absolute Gasteiger partial charge is 0.0542 e. The van der Waals surface area contributed by atoms with Crippen molar-refractivity contribution in [1.82, 2.24) is 9.13 Å². The molecule has 8 aromatic rings. The first-order valence-corrected chi connectivity index (χ1v) is 16.1. The van der Waals surface area contributed by atoms with E-state index in [1.165, 1.54) is 55.3 Å². The molecule has 1 aliphatic carbocycles. The topological polar surface area (TPSA) is 13.1 Å². The third kappa shape index (κ3) is 4.20. The highest BCUT2D eigenvalue weighted by molar-refractivity contribution is 6.11. The lowest BCUT2D eigenvalue weighted by Crippen LogP contribution is -2.09. The van der Waals surface area contributed by atoms with Crippen molar-refractivity contribution in [1.29, 1.82) is 0 Å². The van der Waals surface area contributed by atoms with Gasteiger partial charge in [0.25, 0.3) is 0 Å². The SMILES string of the molecule is CC1C=Cc2c(n(-c3ccccc3)c3ccc(N(c4ccccc4)c4ccc5c(c4)c4ccccc4n5-c4ccccc4)cc23)C1. The highest BCUT2D eigenvalue weighted by atomic mass is 15.1. The minimum Gasteiger partial charge on any atom is -0.313 e. The van der Waals surface area contributed by atoms with Crippen LogP contribution in [0.2, 0.25) is 0 Å². The van der Waals surface area contributed by atoms with Gasteiger partial charge in [-0.2, -0.15) is 0 Å². The second-order valence-corrected chi connectivity index (χ2v) is 12.3. The summed E-state index contributed by atoms with van der Waals surface area (Å²) in [6.07, 6.45) is 5.72. The number of anilines is 3. The van der Waals surface area contributed by atoms with Crippen LogP contribution in [0.15, 0.2) is 158 Å². The fourth-order valence-corrected chi connectivity index (χ4v) is 7.37. The van der Waals surface area contributed by atoms with Gasteiger partial charge in [0.2, 0.25) is 0 Å². The summed E-state index contributed by atoms with van der Waals surface area (Å²) in [6, 6.07) is 54.8. The van der Waals surface area contributed by atoms with Crippen LogP contribution in [0.25, 0.3) is 50.2 Å². The number of hydrogen-bond acceptors (Lipinski definition) is 1. The minimum atomic E-state index is 0.504. The molecule has 220 valence electrons. The quantitative estimate of drug-likeness (QED) is 0.194. The molecule has 0 aliphatic heterocycles. The van der Waals surface area contributed by atoms with Gasteiger partial charge in [0.05, 0.1) is 16.6 Å². The second kappa shape index (κ2) is 10.7. The van der Waals surface area contributed by atoms with E-state index >= 15 is 0 Å². The van der Waals surface area contributed by atoms with Crippen LogP contribution >= 0.6 is 0 Å². The van der Waals surface area contributed by atoms with Crippen LogP contribution in [0.5, 0.6) is 0 Å². The second-order valence-electron chi connectivity index (χ2n) is 12.3. The Bertz CT molecular complexity index is 2400. The maximum atomic E-state index is 2.46. The van der Waals surface area contributed by atoms with Gasteiger partial charge in [-0.15, -0.1) is 0 Å². The third-order valence-electron chi connectivity index (χ3n) is 9.41. The van der Waals surface area contributed by atoms with E-state index < -0.39 is 0 Å². The first-order chi connectivity index (χ1) is 22.7. The number of para-hydroxylation sites is 4. The lowest BCUT2D eigenvalue weighted by Gasteiger charge is -2.26. The Kier molecular flexibility index (Phi) is 6.17. The van der Waals surface area contributed by atoms with Crippen LogP contribution in [0.1, 0.15) is 18.2 Å². The molecule has 0 saturated heterocycles. The van der Waals surface area contributed by atoms with E-state index in [1.807, 2.05) is 0 Å². The summed E-state index contributed by atoms with van der Waals surface area (Å²) >= 11 is 0. The summed E-state index contributed by atoms with van der Waals surface area (Å²) in [4.78, 5) is 2.40. The van der Waals surface area contributed by atoms with E-state index in [0.717, 1.165) is 23.5 Å². The van der Waals surface area contributed by atoms with E-state index in [9.17, 15) is 0 Å². The van der Waals surface area contributed by atoms with Gasteiger partial charge in [-0.1, -0.05) is 91.9 Å². The molecule has 1 aliphatic rings. The number of allylic oxidation sites excluding steroid dienone is 1. The van der Waals surface area contributed by atoms with Crippen molar-refractivity contribution in [2.45, 2.75) is 13.3 Å². The molecule has 0 spiro atoms. The van der Waals surface area contributed by atoms with Gasteiger partial charge < -0.3 is 14.0 Å². The van der Waals surface area contributed by atoms with Gasteiger partial charge in [-0.3, -0.25) is 0 Å². The van der Waals surface area contributed by atoms with Crippen LogP contribution in [0.4, 0.5) is 17.1 Å². The highest BCUT2D eigenvalue weighted by Crippen LogP contribution is 2.42. The summed E-state index contributed by atoms with van der Waals surface area (Å²) in [5.74, 6) is 0.504. The molecule has 0 fully saturated rings. The minimum absolute atomic E-state index is 0.504. The first kappa shape index (κ1) is 26.6. The van der Waals surface area contributed by atoms with Gasteiger partial charge in [0.15, 0.2) is 0 Å². The molecule has 0 radical (unpaired) electrons. The Labute approximate surface area is 268 Å². The molecule has 1 unspecified atom stereocenters. The average molecular weight is 592 g/mol. The maximum absolute atomic E-state index is 2.46. The van der Waals surface area contributed by atoms with E-state index in [0.29, 0.717) is 5.92 Å². The Hall–Kier alpha value is -5.80. The van der Waals surface area contributed by atoms with Gasteiger partial charge in [-0.25, -0.2) is 0 Å². The van der Waals surface area contributed by atoms with Crippen molar-refractivity contribution in [3.05, 3.63) is 169 Å². The lowest BCUT2D eigenvalue weighted by molar-refractivity contribution is 0.690. The molecule has 0 bridgehead atoms. The van der Waals surface area contributed by atoms with Gasteiger partial charge in [0, 0.05) is 55.9 Å². The molecule has 2 heterocycles. The van der Waals surface area contributed by atoms with Crippen LogP contribution in [-0.4, -0.2) is 9.13 Å². The molecule has 2 aromatic heterocycles. The summed E-state index contributed by atoms with van der Waals surface area (Å²) in [5.41, 5.74) is 12.2. The molecular weight excluding hydrogens is 558 g/mol. The van der Waals surface area contributed by atoms with Gasteiger partial charge in [-0.05, 0) is 91.2 Å². The summed E-state index contributed by atoms with van der Waals surface area (Å²) in [6.45, 7) is 2.31. The van der Waals surface area contributed by atoms with Crippen LogP contribution in [0, 0.1) is 5.92 Å². The molecule has 6 aromatic carbocycles. The maximum Gasteiger partial charge on any atom is 0.0542 e. The molecular formula is C43H33N3. The molecule has 3 heteroatoms. The van der Waals surface area contributed by atoms with Crippen molar-refractivity contribution in [3.8, 4) is 11.4 Å². The predicted octanol–water partition coefficient (Wildman–Crippen LogP) is 11.4. The molecule has 1 atom stereocenters. The zero-order chi connectivity index (χ0) is 30.6. The normalized spacial score (nSPS) is 14.2. The molecule has 0 N–H and O–H groups in total. The molecule has 0 amide bonds. The van der Waals surface area contributed by atoms with Gasteiger partial charge in [0.1, 0.15) is 0 Å². The zero-order valence-corrected chi connectivity index (χ0v) is 25.7. The average Bonchev–Trinajstić information content (AvgIpc) is 3.61. The van der Waals surface area contributed by atoms with Crippen LogP contribution in [-0.2, 0) is 6.42 Å². The summed E-state index contributed by atoms with van der Waals surface area (Å²) in [5, 5.41) is 3.77. The number of benzene rings is 6. The van der Waals surface area contributed by atoms with Crippen molar-refractivity contribution >= 4 is 55.8 Å². The molecule has 0 saturated carbocycles. The largest absolute Gasteiger partial charge is 0.313 e. The van der Waals surface area contributed by atoms with E-state index in [2.05, 4.69) is 185 Å². The number of aromatic nitrogens is 2. The van der Waals surface area contributed by atoms with E-state index in [4.69, 9.17) is 0 Å². The fraction of sp³-hybridized carbons (Fsp3) is 0.0698. The van der Waals surface area contributed by atoms with E-state index in [-0.39, 0.29) is 0 Å². The Balaban J connectivity index is 1.27. The van der Waals surface area contributed by atoms with Crippen LogP contribution in [0.3, 0.4) is 0 Å². The summed E-state index contributed by atoms with van der Waals surface area (Å²) in [7, 11) is 0. The van der Waals surface area contributed by atoms with Gasteiger partial charge >= 0.3 is 0 Å². The summed E-state index contributed by atoms with van der Waals surface area (Å²) < 4.78 is 4.84. The van der Waals surface area contributed by atoms with Crippen molar-refractivity contribution in [3.63, 3.8) is 0 Å². The molecule has 9 rings (SSSR count). The standard InChI is InChI=1S/C43H33N3/c1-30-21-24-37-39-29-35(23-26-42(39)46(43(37)27-30)33-17-9-4-10-18-33)44(31-13-5-2-6-14-31)34-22-25-41-38(28-34)36-19-11-12-20-40(36)45(41)32-15-7-3-8-16-32/h2-26,28-30H,27H2,1H3. The number of fused-ring (bicyclic) bond motifs is 6. The molecule has 3 nitrogen and oxygen atoms in total. The predicted molar refractivity (Wildman–Crippen MR) is 194 cm³/mol. The monoisotopic (exact) mass is 591 g/mol. The van der Waals surface area contributed by atoms with Crippen molar-refractivity contribution < 1.29 is 0 Å². The Morgan fingerprint density at radius 1 is 0.500 bits per heavy atom.